The first kappa shape index (κ1) is 23.9. The topological polar surface area (TPSA) is 79.5 Å². The number of nitrogens with zero attached hydrogens (tertiary/aromatic N) is 3. The summed E-state index contributed by atoms with van der Waals surface area (Å²) in [6, 6.07) is 14.5. The molecule has 2 aromatic carbocycles. The Bertz CT molecular complexity index is 1180. The van der Waals surface area contributed by atoms with Gasteiger partial charge in [0.2, 0.25) is 0 Å². The van der Waals surface area contributed by atoms with E-state index in [0.717, 1.165) is 12.3 Å². The number of pyridine rings is 1. The van der Waals surface area contributed by atoms with E-state index >= 15 is 0 Å². The molecule has 0 bridgehead atoms. The molecule has 3 aromatic rings. The Labute approximate surface area is 193 Å². The van der Waals surface area contributed by atoms with Crippen molar-refractivity contribution in [1.29, 1.82) is 5.26 Å². The zero-order chi connectivity index (χ0) is 23.8. The number of rotatable bonds is 8. The van der Waals surface area contributed by atoms with Gasteiger partial charge in [-0.15, -0.1) is 0 Å². The lowest BCUT2D eigenvalue weighted by molar-refractivity contribution is -0.137. The van der Waals surface area contributed by atoms with Crippen molar-refractivity contribution in [3.8, 4) is 17.6 Å². The van der Waals surface area contributed by atoms with Gasteiger partial charge in [0.15, 0.2) is 11.5 Å². The van der Waals surface area contributed by atoms with Crippen molar-refractivity contribution in [3.05, 3.63) is 82.0 Å². The lowest BCUT2D eigenvalue weighted by atomic mass is 10.1. The third kappa shape index (κ3) is 6.37. The van der Waals surface area contributed by atoms with Crippen LogP contribution in [0.1, 0.15) is 29.2 Å². The molecule has 0 spiro atoms. The minimum Gasteiger partial charge on any atom is -0.490 e. The number of aromatic nitrogens is 1. The van der Waals surface area contributed by atoms with Crippen LogP contribution in [0.3, 0.4) is 0 Å². The van der Waals surface area contributed by atoms with Gasteiger partial charge in [-0.1, -0.05) is 29.8 Å². The summed E-state index contributed by atoms with van der Waals surface area (Å²) in [5, 5.41) is 13.5. The van der Waals surface area contributed by atoms with E-state index in [1.54, 1.807) is 37.3 Å². The molecule has 6 nitrogen and oxygen atoms in total. The minimum atomic E-state index is -4.46. The van der Waals surface area contributed by atoms with E-state index in [0.29, 0.717) is 34.8 Å². The molecule has 0 atom stereocenters. The smallest absolute Gasteiger partial charge is 0.417 e. The third-order valence-electron chi connectivity index (χ3n) is 4.33. The summed E-state index contributed by atoms with van der Waals surface area (Å²) in [6.45, 7) is 2.29. The highest BCUT2D eigenvalue weighted by Gasteiger charge is 2.30. The second-order valence-electron chi connectivity index (χ2n) is 6.62. The summed E-state index contributed by atoms with van der Waals surface area (Å²) in [5.74, 6) is 0.848. The van der Waals surface area contributed by atoms with Crippen molar-refractivity contribution in [3.63, 3.8) is 0 Å². The van der Waals surface area contributed by atoms with E-state index in [2.05, 4.69) is 21.6 Å². The number of alkyl halides is 3. The lowest BCUT2D eigenvalue weighted by Gasteiger charge is -2.15. The van der Waals surface area contributed by atoms with Crippen LogP contribution in [0.5, 0.6) is 11.5 Å². The van der Waals surface area contributed by atoms with Crippen LogP contribution >= 0.6 is 11.6 Å². The maximum absolute atomic E-state index is 12.6. The van der Waals surface area contributed by atoms with E-state index < -0.39 is 11.7 Å². The molecule has 1 heterocycles. The molecule has 0 aliphatic rings. The van der Waals surface area contributed by atoms with Gasteiger partial charge in [0, 0.05) is 11.8 Å². The van der Waals surface area contributed by atoms with Gasteiger partial charge in [-0.2, -0.15) is 23.5 Å². The lowest BCUT2D eigenvalue weighted by Crippen LogP contribution is -2.05. The van der Waals surface area contributed by atoms with Crippen molar-refractivity contribution in [1.82, 2.24) is 4.98 Å². The molecule has 170 valence electrons. The summed E-state index contributed by atoms with van der Waals surface area (Å²) in [6.07, 6.45) is -2.32. The van der Waals surface area contributed by atoms with Gasteiger partial charge >= 0.3 is 6.18 Å². The first-order valence-electron chi connectivity index (χ1n) is 9.71. The van der Waals surface area contributed by atoms with Crippen molar-refractivity contribution >= 4 is 23.6 Å². The van der Waals surface area contributed by atoms with Gasteiger partial charge in [0.05, 0.1) is 35.0 Å². The van der Waals surface area contributed by atoms with Gasteiger partial charge in [0.1, 0.15) is 12.4 Å². The molecule has 3 rings (SSSR count). The molecule has 1 N–H and O–H groups in total. The molecule has 0 fully saturated rings. The normalized spacial score (nSPS) is 11.3. The van der Waals surface area contributed by atoms with E-state index in [9.17, 15) is 18.4 Å². The molecular formula is C23H18ClF3N4O2. The van der Waals surface area contributed by atoms with Crippen LogP contribution < -0.4 is 14.9 Å². The molecule has 10 heteroatoms. The molecule has 0 amide bonds. The Balaban J connectivity index is 1.74. The zero-order valence-corrected chi connectivity index (χ0v) is 18.1. The van der Waals surface area contributed by atoms with Crippen LogP contribution in [-0.4, -0.2) is 17.8 Å². The molecule has 0 aliphatic heterocycles. The average Bonchev–Trinajstić information content (AvgIpc) is 2.79. The fraction of sp³-hybridized carbons (Fsp3) is 0.174. The number of benzene rings is 2. The van der Waals surface area contributed by atoms with E-state index in [1.807, 2.05) is 6.07 Å². The Morgan fingerprint density at radius 3 is 2.64 bits per heavy atom. The highest BCUT2D eigenvalue weighted by atomic mass is 35.5. The largest absolute Gasteiger partial charge is 0.490 e. The summed E-state index contributed by atoms with van der Waals surface area (Å²) in [5.41, 5.74) is 3.48. The molecule has 0 aliphatic carbocycles. The maximum Gasteiger partial charge on any atom is 0.417 e. The van der Waals surface area contributed by atoms with Crippen molar-refractivity contribution in [2.45, 2.75) is 19.7 Å². The fourth-order valence-electron chi connectivity index (χ4n) is 2.77. The van der Waals surface area contributed by atoms with Gasteiger partial charge in [0.25, 0.3) is 0 Å². The number of hydrazone groups is 1. The van der Waals surface area contributed by atoms with Crippen LogP contribution in [0.25, 0.3) is 0 Å². The van der Waals surface area contributed by atoms with Gasteiger partial charge < -0.3 is 9.47 Å². The first-order chi connectivity index (χ1) is 15.8. The SMILES string of the molecule is CCOc1cc(/C=N\Nc2ccc(C(F)(F)F)cn2)cc(Cl)c1OCc1ccccc1C#N. The molecule has 0 saturated carbocycles. The molecule has 0 radical (unpaired) electrons. The standard InChI is InChI=1S/C23H18ClF3N4O2/c1-2-32-20-10-15(12-30-31-21-8-7-18(13-29-21)23(25,26)27)9-19(24)22(20)33-14-17-6-4-3-5-16(17)11-28/h3-10,12-13H,2,14H2,1H3,(H,29,31)/b30-12-. The van der Waals surface area contributed by atoms with Crippen LogP contribution in [0.4, 0.5) is 19.0 Å². The number of hydrogen-bond acceptors (Lipinski definition) is 6. The number of anilines is 1. The molecule has 1 aromatic heterocycles. The van der Waals surface area contributed by atoms with Crippen LogP contribution in [0, 0.1) is 11.3 Å². The number of nitrogens with one attached hydrogen (secondary N) is 1. The molecular weight excluding hydrogens is 457 g/mol. The predicted molar refractivity (Wildman–Crippen MR) is 119 cm³/mol. The number of hydrogen-bond donors (Lipinski definition) is 1. The molecule has 33 heavy (non-hydrogen) atoms. The van der Waals surface area contributed by atoms with Crippen molar-refractivity contribution in [2.75, 3.05) is 12.0 Å². The highest BCUT2D eigenvalue weighted by molar-refractivity contribution is 6.32. The number of nitriles is 1. The van der Waals surface area contributed by atoms with Crippen LogP contribution in [-0.2, 0) is 12.8 Å². The Hall–Kier alpha value is -3.77. The van der Waals surface area contributed by atoms with Crippen molar-refractivity contribution < 1.29 is 22.6 Å². The van der Waals surface area contributed by atoms with E-state index in [1.165, 1.54) is 12.3 Å². The Morgan fingerprint density at radius 1 is 1.18 bits per heavy atom. The number of ether oxygens (including phenoxy) is 2. The van der Waals surface area contributed by atoms with Gasteiger partial charge in [-0.05, 0) is 42.8 Å². The third-order valence-corrected chi connectivity index (χ3v) is 4.61. The van der Waals surface area contributed by atoms with E-state index in [4.69, 9.17) is 21.1 Å². The fourth-order valence-corrected chi connectivity index (χ4v) is 3.04. The van der Waals surface area contributed by atoms with Gasteiger partial charge in [-0.3, -0.25) is 5.43 Å². The molecule has 0 saturated heterocycles. The second kappa shape index (κ2) is 10.7. The van der Waals surface area contributed by atoms with Crippen LogP contribution in [0.2, 0.25) is 5.02 Å². The average molecular weight is 475 g/mol. The van der Waals surface area contributed by atoms with Crippen molar-refractivity contribution in [2.24, 2.45) is 5.10 Å². The summed E-state index contributed by atoms with van der Waals surface area (Å²) in [7, 11) is 0. The maximum atomic E-state index is 12.6. The predicted octanol–water partition coefficient (Wildman–Crippen LogP) is 6.05. The quantitative estimate of drug-likeness (QED) is 0.317. The number of halogens is 4. The van der Waals surface area contributed by atoms with Gasteiger partial charge in [-0.25, -0.2) is 4.98 Å². The first-order valence-corrected chi connectivity index (χ1v) is 10.1. The second-order valence-corrected chi connectivity index (χ2v) is 7.03. The minimum absolute atomic E-state index is 0.123. The Kier molecular flexibility index (Phi) is 7.74. The van der Waals surface area contributed by atoms with Crippen LogP contribution in [0.15, 0.2) is 59.8 Å². The van der Waals surface area contributed by atoms with E-state index in [-0.39, 0.29) is 17.4 Å². The summed E-state index contributed by atoms with van der Waals surface area (Å²) >= 11 is 6.40. The zero-order valence-electron chi connectivity index (χ0n) is 17.4. The summed E-state index contributed by atoms with van der Waals surface area (Å²) < 4.78 is 49.3. The highest BCUT2D eigenvalue weighted by Crippen LogP contribution is 2.37. The monoisotopic (exact) mass is 474 g/mol. The Morgan fingerprint density at radius 2 is 1.97 bits per heavy atom. The summed E-state index contributed by atoms with van der Waals surface area (Å²) in [4.78, 5) is 3.68. The molecule has 0 unspecified atom stereocenters.